The van der Waals surface area contributed by atoms with Crippen LogP contribution in [-0.2, 0) is 0 Å². The van der Waals surface area contributed by atoms with Gasteiger partial charge in [0.1, 0.15) is 5.82 Å². The zero-order valence-corrected chi connectivity index (χ0v) is 12.7. The molecule has 2 rings (SSSR count). The van der Waals surface area contributed by atoms with Crippen LogP contribution in [0.3, 0.4) is 0 Å². The van der Waals surface area contributed by atoms with Gasteiger partial charge in [0.25, 0.3) is 5.91 Å². The summed E-state index contributed by atoms with van der Waals surface area (Å²) in [5.74, 6) is -0.0134. The van der Waals surface area contributed by atoms with E-state index >= 15 is 0 Å². The van der Waals surface area contributed by atoms with Crippen LogP contribution in [0.25, 0.3) is 0 Å². The molecule has 0 N–H and O–H groups in total. The Balaban J connectivity index is 2.12. The quantitative estimate of drug-likeness (QED) is 0.774. The molecule has 4 heteroatoms. The molecule has 0 aliphatic carbocycles. The number of benzene rings is 1. The second kappa shape index (κ2) is 6.51. The van der Waals surface area contributed by atoms with E-state index in [1.54, 1.807) is 30.0 Å². The van der Waals surface area contributed by atoms with E-state index in [0.717, 1.165) is 37.7 Å². The van der Waals surface area contributed by atoms with Crippen molar-refractivity contribution in [1.29, 1.82) is 0 Å². The lowest BCUT2D eigenvalue weighted by molar-refractivity contribution is 0.0667. The molecule has 104 valence electrons. The number of piperidine rings is 1. The number of hydrogen-bond acceptors (Lipinski definition) is 1. The zero-order chi connectivity index (χ0) is 13.8. The first-order chi connectivity index (χ1) is 9.13. The molecule has 1 saturated heterocycles. The van der Waals surface area contributed by atoms with Crippen LogP contribution in [0.2, 0.25) is 0 Å². The van der Waals surface area contributed by atoms with Crippen molar-refractivity contribution >= 4 is 21.8 Å². The summed E-state index contributed by atoms with van der Waals surface area (Å²) in [6, 6.07) is 5.01. The third-order valence-corrected chi connectivity index (χ3v) is 4.20. The number of amides is 1. The SMILES string of the molecule is Cc1cccc(C(=O)N2CCCC(CCBr)C2)c1F. The summed E-state index contributed by atoms with van der Waals surface area (Å²) < 4.78 is 14.0. The highest BCUT2D eigenvalue weighted by molar-refractivity contribution is 9.09. The number of carbonyl (C=O) groups is 1. The first-order valence-electron chi connectivity index (χ1n) is 6.74. The molecule has 1 amide bonds. The molecule has 2 nitrogen and oxygen atoms in total. The zero-order valence-electron chi connectivity index (χ0n) is 11.2. The van der Waals surface area contributed by atoms with E-state index in [-0.39, 0.29) is 17.3 Å². The van der Waals surface area contributed by atoms with E-state index in [1.807, 2.05) is 0 Å². The van der Waals surface area contributed by atoms with Crippen molar-refractivity contribution in [1.82, 2.24) is 4.90 Å². The van der Waals surface area contributed by atoms with Crippen molar-refractivity contribution in [2.45, 2.75) is 26.2 Å². The van der Waals surface area contributed by atoms with Crippen molar-refractivity contribution in [3.8, 4) is 0 Å². The minimum absolute atomic E-state index is 0.166. The highest BCUT2D eigenvalue weighted by Gasteiger charge is 2.25. The van der Waals surface area contributed by atoms with Gasteiger partial charge in [-0.05, 0) is 43.7 Å². The average Bonchev–Trinajstić information content (AvgIpc) is 2.42. The Bertz CT molecular complexity index is 461. The van der Waals surface area contributed by atoms with Crippen LogP contribution in [0, 0.1) is 18.7 Å². The summed E-state index contributed by atoms with van der Waals surface area (Å²) >= 11 is 3.44. The lowest BCUT2D eigenvalue weighted by Gasteiger charge is -2.32. The number of aryl methyl sites for hydroxylation is 1. The van der Waals surface area contributed by atoms with Crippen LogP contribution < -0.4 is 0 Å². The van der Waals surface area contributed by atoms with Crippen molar-refractivity contribution in [3.63, 3.8) is 0 Å². The first-order valence-corrected chi connectivity index (χ1v) is 7.86. The summed E-state index contributed by atoms with van der Waals surface area (Å²) in [5, 5.41) is 0.957. The number of nitrogens with zero attached hydrogens (tertiary/aromatic N) is 1. The monoisotopic (exact) mass is 327 g/mol. The van der Waals surface area contributed by atoms with Gasteiger partial charge >= 0.3 is 0 Å². The van der Waals surface area contributed by atoms with E-state index in [9.17, 15) is 9.18 Å². The molecule has 0 spiro atoms. The fourth-order valence-corrected chi connectivity index (χ4v) is 3.27. The number of carbonyl (C=O) groups excluding carboxylic acids is 1. The Morgan fingerprint density at radius 3 is 3.05 bits per heavy atom. The molecule has 1 aromatic carbocycles. The third kappa shape index (κ3) is 3.35. The molecule has 1 heterocycles. The summed E-state index contributed by atoms with van der Waals surface area (Å²) in [5.41, 5.74) is 0.736. The molecule has 0 saturated carbocycles. The lowest BCUT2D eigenvalue weighted by atomic mass is 9.95. The lowest BCUT2D eigenvalue weighted by Crippen LogP contribution is -2.40. The number of hydrogen-bond donors (Lipinski definition) is 0. The van der Waals surface area contributed by atoms with E-state index in [0.29, 0.717) is 11.5 Å². The van der Waals surface area contributed by atoms with Crippen molar-refractivity contribution in [3.05, 3.63) is 35.1 Å². The second-order valence-corrected chi connectivity index (χ2v) is 5.97. The van der Waals surface area contributed by atoms with E-state index in [4.69, 9.17) is 0 Å². The van der Waals surface area contributed by atoms with Gasteiger partial charge in [-0.25, -0.2) is 4.39 Å². The Morgan fingerprint density at radius 2 is 2.32 bits per heavy atom. The number of halogens is 2. The van der Waals surface area contributed by atoms with Crippen molar-refractivity contribution in [2.75, 3.05) is 18.4 Å². The van der Waals surface area contributed by atoms with Gasteiger partial charge < -0.3 is 4.90 Å². The second-order valence-electron chi connectivity index (χ2n) is 5.17. The van der Waals surface area contributed by atoms with E-state index in [1.165, 1.54) is 0 Å². The van der Waals surface area contributed by atoms with Gasteiger partial charge in [-0.3, -0.25) is 4.79 Å². The van der Waals surface area contributed by atoms with Crippen LogP contribution in [0.15, 0.2) is 18.2 Å². The maximum Gasteiger partial charge on any atom is 0.256 e. The first kappa shape index (κ1) is 14.5. The minimum Gasteiger partial charge on any atom is -0.338 e. The molecular formula is C15H19BrFNO. The van der Waals surface area contributed by atoms with Gasteiger partial charge in [0.05, 0.1) is 5.56 Å². The number of rotatable bonds is 3. The van der Waals surface area contributed by atoms with Gasteiger partial charge in [0.15, 0.2) is 0 Å². The molecule has 1 aromatic rings. The van der Waals surface area contributed by atoms with Crippen LogP contribution in [0.1, 0.15) is 35.2 Å². The summed E-state index contributed by atoms with van der Waals surface area (Å²) in [6.45, 7) is 3.18. The normalized spacial score (nSPS) is 19.5. The summed E-state index contributed by atoms with van der Waals surface area (Å²) in [4.78, 5) is 14.2. The van der Waals surface area contributed by atoms with Gasteiger partial charge in [-0.1, -0.05) is 28.1 Å². The molecular weight excluding hydrogens is 309 g/mol. The molecule has 0 aromatic heterocycles. The predicted octanol–water partition coefficient (Wildman–Crippen LogP) is 3.77. The molecule has 19 heavy (non-hydrogen) atoms. The third-order valence-electron chi connectivity index (χ3n) is 3.75. The van der Waals surface area contributed by atoms with Crippen LogP contribution in [0.4, 0.5) is 4.39 Å². The molecule has 1 fully saturated rings. The maximum absolute atomic E-state index is 14.0. The van der Waals surface area contributed by atoms with Crippen molar-refractivity contribution < 1.29 is 9.18 Å². The van der Waals surface area contributed by atoms with Gasteiger partial charge in [0, 0.05) is 18.4 Å². The topological polar surface area (TPSA) is 20.3 Å². The highest BCUT2D eigenvalue weighted by Crippen LogP contribution is 2.23. The molecule has 1 atom stereocenters. The molecule has 1 unspecified atom stereocenters. The number of likely N-dealkylation sites (tertiary alicyclic amines) is 1. The van der Waals surface area contributed by atoms with Crippen LogP contribution in [0.5, 0.6) is 0 Å². The Morgan fingerprint density at radius 1 is 1.53 bits per heavy atom. The highest BCUT2D eigenvalue weighted by atomic mass is 79.9. The summed E-state index contributed by atoms with van der Waals surface area (Å²) in [7, 11) is 0. The van der Waals surface area contributed by atoms with Gasteiger partial charge in [-0.2, -0.15) is 0 Å². The summed E-state index contributed by atoms with van der Waals surface area (Å²) in [6.07, 6.45) is 3.24. The average molecular weight is 328 g/mol. The van der Waals surface area contributed by atoms with Crippen molar-refractivity contribution in [2.24, 2.45) is 5.92 Å². The van der Waals surface area contributed by atoms with Crippen LogP contribution in [-0.4, -0.2) is 29.2 Å². The molecule has 0 bridgehead atoms. The molecule has 1 aliphatic heterocycles. The number of alkyl halides is 1. The standard InChI is InChI=1S/C15H19BrFNO/c1-11-4-2-6-13(14(11)17)15(19)18-9-3-5-12(10-18)7-8-16/h2,4,6,12H,3,5,7-10H2,1H3. The predicted molar refractivity (Wildman–Crippen MR) is 78.2 cm³/mol. The fourth-order valence-electron chi connectivity index (χ4n) is 2.62. The van der Waals surface area contributed by atoms with E-state index < -0.39 is 0 Å². The molecule has 0 radical (unpaired) electrons. The molecule has 1 aliphatic rings. The minimum atomic E-state index is -0.380. The Labute approximate surface area is 122 Å². The smallest absolute Gasteiger partial charge is 0.256 e. The Kier molecular flexibility index (Phi) is 4.97. The van der Waals surface area contributed by atoms with Crippen LogP contribution >= 0.6 is 15.9 Å². The van der Waals surface area contributed by atoms with Gasteiger partial charge in [0.2, 0.25) is 0 Å². The fraction of sp³-hybridized carbons (Fsp3) is 0.533. The van der Waals surface area contributed by atoms with E-state index in [2.05, 4.69) is 15.9 Å². The van der Waals surface area contributed by atoms with Gasteiger partial charge in [-0.15, -0.1) is 0 Å². The Hall–Kier alpha value is -0.900. The largest absolute Gasteiger partial charge is 0.338 e. The maximum atomic E-state index is 14.0.